The molecule has 43 heavy (non-hydrogen) atoms. The van der Waals surface area contributed by atoms with Gasteiger partial charge in [0, 0.05) is 18.2 Å². The fraction of sp³-hybridized carbons (Fsp3) is 0.121. The molecule has 4 aromatic carbocycles. The average molecular weight is 582 g/mol. The number of hydrogen-bond donors (Lipinski definition) is 1. The number of amides is 1. The highest BCUT2D eigenvalue weighted by Crippen LogP contribution is 2.43. The van der Waals surface area contributed by atoms with Crippen molar-refractivity contribution in [2.75, 3.05) is 26.6 Å². The van der Waals surface area contributed by atoms with Crippen LogP contribution >= 0.6 is 0 Å². The molecule has 0 fully saturated rings. The number of nitrogens with zero attached hydrogens (tertiary/aromatic N) is 2. The van der Waals surface area contributed by atoms with Gasteiger partial charge in [-0.15, -0.1) is 0 Å². The second-order valence-electron chi connectivity index (χ2n) is 9.31. The van der Waals surface area contributed by atoms with Crippen LogP contribution < -0.4 is 24.3 Å². The van der Waals surface area contributed by atoms with E-state index in [0.717, 1.165) is 0 Å². The molecule has 0 aliphatic rings. The number of hydrogen-bond acceptors (Lipinski definition) is 7. The zero-order valence-corrected chi connectivity index (χ0v) is 23.9. The second kappa shape index (κ2) is 12.5. The van der Waals surface area contributed by atoms with Crippen LogP contribution in [0.3, 0.4) is 0 Å². The van der Waals surface area contributed by atoms with Crippen molar-refractivity contribution < 1.29 is 32.9 Å². The zero-order chi connectivity index (χ0) is 30.5. The van der Waals surface area contributed by atoms with E-state index in [1.807, 2.05) is 6.07 Å². The van der Waals surface area contributed by atoms with E-state index in [1.165, 1.54) is 50.1 Å². The van der Waals surface area contributed by atoms with E-state index in [0.29, 0.717) is 56.6 Å². The molecule has 0 spiro atoms. The van der Waals surface area contributed by atoms with Crippen LogP contribution in [0.1, 0.15) is 17.3 Å². The number of carbonyl (C=O) groups excluding carboxylic acids is 2. The molecule has 0 saturated carbocycles. The zero-order valence-electron chi connectivity index (χ0n) is 23.9. The predicted octanol–water partition coefficient (Wildman–Crippen LogP) is 6.55. The number of ether oxygens (including phenoxy) is 4. The Hall–Kier alpha value is -5.64. The van der Waals surface area contributed by atoms with Crippen molar-refractivity contribution >= 4 is 17.6 Å². The van der Waals surface area contributed by atoms with E-state index in [4.69, 9.17) is 24.0 Å². The molecule has 5 aromatic rings. The standard InChI is InChI=1S/C33H28FN3O6/c1-20(38)43-33-30(21-9-14-24(15-10-21)35-32(39)26-7-5-6-8-27(26)40-2)31(22-11-18-28(41-3)29(19-22)42-4)36-37(33)25-16-12-23(34)13-17-25/h5-19H,1-4H3,(H,35,39). The lowest BCUT2D eigenvalue weighted by atomic mass is 10.0. The van der Waals surface area contributed by atoms with E-state index in [2.05, 4.69) is 5.32 Å². The molecule has 218 valence electrons. The molecule has 0 radical (unpaired) electrons. The third kappa shape index (κ3) is 6.03. The lowest BCUT2D eigenvalue weighted by Gasteiger charge is -2.12. The summed E-state index contributed by atoms with van der Waals surface area (Å²) in [6, 6.07) is 24.9. The maximum Gasteiger partial charge on any atom is 0.309 e. The molecule has 10 heteroatoms. The molecule has 9 nitrogen and oxygen atoms in total. The predicted molar refractivity (Wildman–Crippen MR) is 160 cm³/mol. The Bertz CT molecular complexity index is 1780. The van der Waals surface area contributed by atoms with Gasteiger partial charge in [-0.25, -0.2) is 4.39 Å². The first-order valence-electron chi connectivity index (χ1n) is 13.2. The molecule has 0 atom stereocenters. The maximum absolute atomic E-state index is 13.8. The van der Waals surface area contributed by atoms with Crippen LogP contribution in [0.5, 0.6) is 23.1 Å². The molecule has 1 heterocycles. The molecular formula is C33H28FN3O6. The Kier molecular flexibility index (Phi) is 8.38. The van der Waals surface area contributed by atoms with Gasteiger partial charge in [-0.05, 0) is 72.3 Å². The molecule has 1 amide bonds. The maximum atomic E-state index is 13.8. The molecule has 5 rings (SSSR count). The van der Waals surface area contributed by atoms with Crippen molar-refractivity contribution in [3.63, 3.8) is 0 Å². The highest BCUT2D eigenvalue weighted by molar-refractivity contribution is 6.06. The summed E-state index contributed by atoms with van der Waals surface area (Å²) in [6.45, 7) is 1.29. The van der Waals surface area contributed by atoms with Crippen LogP contribution in [0.25, 0.3) is 28.1 Å². The largest absolute Gasteiger partial charge is 0.496 e. The number of para-hydroxylation sites is 1. The van der Waals surface area contributed by atoms with Gasteiger partial charge in [0.05, 0.1) is 38.1 Å². The summed E-state index contributed by atoms with van der Waals surface area (Å²) >= 11 is 0. The van der Waals surface area contributed by atoms with Gasteiger partial charge in [0.2, 0.25) is 5.88 Å². The molecular weight excluding hydrogens is 553 g/mol. The molecule has 0 aliphatic carbocycles. The number of carbonyl (C=O) groups is 2. The SMILES string of the molecule is COc1ccc(-c2nn(-c3ccc(F)cc3)c(OC(C)=O)c2-c2ccc(NC(=O)c3ccccc3OC)cc2)cc1OC. The Morgan fingerprint density at radius 2 is 1.42 bits per heavy atom. The fourth-order valence-corrected chi connectivity index (χ4v) is 4.59. The van der Waals surface area contributed by atoms with Gasteiger partial charge in [-0.3, -0.25) is 9.59 Å². The van der Waals surface area contributed by atoms with Crippen LogP contribution in [0.2, 0.25) is 0 Å². The Morgan fingerprint density at radius 1 is 0.767 bits per heavy atom. The lowest BCUT2D eigenvalue weighted by molar-refractivity contribution is -0.132. The quantitative estimate of drug-likeness (QED) is 0.197. The topological polar surface area (TPSA) is 101 Å². The Balaban J connectivity index is 1.63. The second-order valence-corrected chi connectivity index (χ2v) is 9.31. The number of esters is 1. The van der Waals surface area contributed by atoms with Crippen LogP contribution in [-0.4, -0.2) is 43.0 Å². The van der Waals surface area contributed by atoms with Crippen LogP contribution in [-0.2, 0) is 4.79 Å². The van der Waals surface area contributed by atoms with E-state index < -0.39 is 11.8 Å². The molecule has 0 bridgehead atoms. The van der Waals surface area contributed by atoms with E-state index >= 15 is 0 Å². The highest BCUT2D eigenvalue weighted by Gasteiger charge is 2.25. The summed E-state index contributed by atoms with van der Waals surface area (Å²) in [7, 11) is 4.57. The van der Waals surface area contributed by atoms with Crippen molar-refractivity contribution in [2.45, 2.75) is 6.92 Å². The molecule has 1 aromatic heterocycles. The van der Waals surface area contributed by atoms with E-state index in [9.17, 15) is 14.0 Å². The molecule has 0 saturated heterocycles. The first-order chi connectivity index (χ1) is 20.8. The van der Waals surface area contributed by atoms with Crippen molar-refractivity contribution in [2.24, 2.45) is 0 Å². The van der Waals surface area contributed by atoms with Crippen LogP contribution in [0, 0.1) is 5.82 Å². The van der Waals surface area contributed by atoms with Gasteiger partial charge in [0.25, 0.3) is 5.91 Å². The minimum absolute atomic E-state index is 0.134. The van der Waals surface area contributed by atoms with Crippen LogP contribution in [0.15, 0.2) is 91.0 Å². The summed E-state index contributed by atoms with van der Waals surface area (Å²) in [4.78, 5) is 25.3. The van der Waals surface area contributed by atoms with Gasteiger partial charge >= 0.3 is 5.97 Å². The fourth-order valence-electron chi connectivity index (χ4n) is 4.59. The van der Waals surface area contributed by atoms with Crippen molar-refractivity contribution in [3.05, 3.63) is 102 Å². The normalized spacial score (nSPS) is 10.6. The van der Waals surface area contributed by atoms with Gasteiger partial charge in [-0.1, -0.05) is 24.3 Å². The van der Waals surface area contributed by atoms with Crippen molar-refractivity contribution in [3.8, 4) is 51.2 Å². The summed E-state index contributed by atoms with van der Waals surface area (Å²) in [5.74, 6) is 0.276. The monoisotopic (exact) mass is 581 g/mol. The van der Waals surface area contributed by atoms with Gasteiger partial charge in [0.15, 0.2) is 11.5 Å². The summed E-state index contributed by atoms with van der Waals surface area (Å²) in [6.07, 6.45) is 0. The number of nitrogens with one attached hydrogen (secondary N) is 1. The number of aromatic nitrogens is 2. The number of rotatable bonds is 9. The Morgan fingerprint density at radius 3 is 2.07 bits per heavy atom. The number of benzene rings is 4. The third-order valence-corrected chi connectivity index (χ3v) is 6.59. The molecule has 0 aliphatic heterocycles. The minimum Gasteiger partial charge on any atom is -0.496 e. The minimum atomic E-state index is -0.566. The first-order valence-corrected chi connectivity index (χ1v) is 13.2. The van der Waals surface area contributed by atoms with Gasteiger partial charge in [0.1, 0.15) is 17.3 Å². The average Bonchev–Trinajstić information content (AvgIpc) is 3.39. The van der Waals surface area contributed by atoms with Crippen LogP contribution in [0.4, 0.5) is 10.1 Å². The highest BCUT2D eigenvalue weighted by atomic mass is 19.1. The Labute approximate surface area is 247 Å². The number of halogens is 1. The first kappa shape index (κ1) is 28.9. The molecule has 1 N–H and O–H groups in total. The summed E-state index contributed by atoms with van der Waals surface area (Å²) in [5.41, 5.74) is 3.66. The van der Waals surface area contributed by atoms with Gasteiger partial charge < -0.3 is 24.3 Å². The van der Waals surface area contributed by atoms with Gasteiger partial charge in [-0.2, -0.15) is 9.78 Å². The number of methoxy groups -OCH3 is 3. The summed E-state index contributed by atoms with van der Waals surface area (Å²) < 4.78 is 37.2. The smallest absolute Gasteiger partial charge is 0.309 e. The van der Waals surface area contributed by atoms with E-state index in [-0.39, 0.29) is 11.8 Å². The number of anilines is 1. The van der Waals surface area contributed by atoms with E-state index in [1.54, 1.807) is 67.8 Å². The molecule has 0 unspecified atom stereocenters. The van der Waals surface area contributed by atoms with Crippen molar-refractivity contribution in [1.82, 2.24) is 9.78 Å². The van der Waals surface area contributed by atoms with Crippen molar-refractivity contribution in [1.29, 1.82) is 0 Å². The lowest BCUT2D eigenvalue weighted by Crippen LogP contribution is -2.13. The summed E-state index contributed by atoms with van der Waals surface area (Å²) in [5, 5.41) is 7.68. The third-order valence-electron chi connectivity index (χ3n) is 6.59.